The molecule has 0 N–H and O–H groups in total. The molecule has 576 valence electrons. The Morgan fingerprint density at radius 1 is 0.145 bits per heavy atom. The van der Waals surface area contributed by atoms with Gasteiger partial charge in [-0.3, -0.25) is 0 Å². The number of rotatable bonds is 9. The first-order valence-electron chi connectivity index (χ1n) is 44.3. The van der Waals surface area contributed by atoms with Gasteiger partial charge in [0.2, 0.25) is 0 Å². The maximum absolute atomic E-state index is 8.71. The second-order valence-corrected chi connectivity index (χ2v) is 31.4. The van der Waals surface area contributed by atoms with Crippen LogP contribution in [-0.2, 0) is 0 Å². The van der Waals surface area contributed by atoms with Crippen LogP contribution in [0.4, 0.5) is 0 Å². The summed E-state index contributed by atoms with van der Waals surface area (Å²) in [7, 11) is 0. The zero-order valence-corrected chi connectivity index (χ0v) is 67.0. The number of hydrogen-bond donors (Lipinski definition) is 0. The van der Waals surface area contributed by atoms with Crippen molar-refractivity contribution in [1.29, 1.82) is 0 Å². The summed E-state index contributed by atoms with van der Waals surface area (Å²) in [6.07, 6.45) is 0. The molecule has 0 saturated heterocycles. The lowest BCUT2D eigenvalue weighted by Gasteiger charge is -2.16. The van der Waals surface area contributed by atoms with Crippen molar-refractivity contribution < 1.29 is 6.85 Å². The molecule has 124 heavy (non-hydrogen) atoms. The lowest BCUT2D eigenvalue weighted by molar-refractivity contribution is 1.23. The van der Waals surface area contributed by atoms with Crippen LogP contribution in [0.25, 0.3) is 242 Å². The van der Waals surface area contributed by atoms with E-state index >= 15 is 0 Å². The molecule has 0 unspecified atom stereocenters. The highest BCUT2D eigenvalue weighted by Gasteiger charge is 2.23. The molecule has 0 atom stereocenters. The molecule has 6 nitrogen and oxygen atoms in total. The summed E-state index contributed by atoms with van der Waals surface area (Å²) in [5.41, 5.74) is 16.6. The van der Waals surface area contributed by atoms with E-state index in [0.29, 0.717) is 17.1 Å². The van der Waals surface area contributed by atoms with E-state index in [0.717, 1.165) is 121 Å². The fourth-order valence-corrected chi connectivity index (χ4v) is 18.4. The van der Waals surface area contributed by atoms with Crippen molar-refractivity contribution in [2.75, 3.05) is 0 Å². The molecular weight excluding hydrogens is 1500 g/mol. The monoisotopic (exact) mass is 1580 g/mol. The molecule has 25 rings (SSSR count). The second kappa shape index (κ2) is 31.0. The quantitative estimate of drug-likeness (QED) is 0.134. The van der Waals surface area contributed by atoms with Crippen LogP contribution >= 0.6 is 0 Å². The van der Waals surface area contributed by atoms with E-state index < -0.39 is 6.04 Å². The Labute approximate surface area is 722 Å². The zero-order valence-electron chi connectivity index (χ0n) is 72.0. The molecule has 6 heteroatoms. The Balaban J connectivity index is 0.000000111. The highest BCUT2D eigenvalue weighted by atomic mass is 14.9. The van der Waals surface area contributed by atoms with E-state index in [-0.39, 0.29) is 29.7 Å². The maximum Gasteiger partial charge on any atom is 0.160 e. The Hall–Kier alpha value is -16.5. The van der Waals surface area contributed by atoms with Gasteiger partial charge in [0.1, 0.15) is 0 Å². The van der Waals surface area contributed by atoms with E-state index in [1.54, 1.807) is 0 Å². The van der Waals surface area contributed by atoms with Gasteiger partial charge in [0.25, 0.3) is 0 Å². The molecule has 0 aliphatic carbocycles. The van der Waals surface area contributed by atoms with Crippen LogP contribution in [0, 0.1) is 0 Å². The number of hydrogen-bond acceptors (Lipinski definition) is 6. The SMILES string of the molecule is [2H]c1c([2H])c([2H])c(-c2cc3c(-c4ccc5ccccc5c4)nc(-c4ccccc4)nc3c3ccccc23)c([2H])c1[2H].c1ccc(-c2cc3c(-c4ccccc4)nc(-c4ccc5c6ccccc6c6ccccc6c5c4)nc3c3ccccc23)cc1.c1ccc(-c2nc(-c3ccccc3)c3cc(-c4ccc5c6ccccc6c6ccccc6c5c4)c4ccccc4c3n2)cc1. The third-order valence-electron chi connectivity index (χ3n) is 24.2. The third-order valence-corrected chi connectivity index (χ3v) is 24.2. The number of aromatic nitrogens is 6. The van der Waals surface area contributed by atoms with E-state index in [4.69, 9.17) is 36.8 Å². The van der Waals surface area contributed by atoms with Crippen LogP contribution < -0.4 is 0 Å². The van der Waals surface area contributed by atoms with E-state index in [2.05, 4.69) is 322 Å². The molecule has 3 heterocycles. The molecule has 0 aliphatic rings. The van der Waals surface area contributed by atoms with Gasteiger partial charge in [-0.15, -0.1) is 0 Å². The first kappa shape index (κ1) is 67.4. The van der Waals surface area contributed by atoms with Gasteiger partial charge < -0.3 is 0 Å². The summed E-state index contributed by atoms with van der Waals surface area (Å²) in [6.45, 7) is 0. The molecule has 22 aromatic carbocycles. The van der Waals surface area contributed by atoms with E-state index in [1.807, 2.05) is 97.1 Å². The van der Waals surface area contributed by atoms with Gasteiger partial charge in [-0.25, -0.2) is 29.9 Å². The standard InChI is InChI=1S/2C42H26N2.C34H22N2/c1-3-13-27(14-4-1)40-39-26-37(34-21-11-12-22-36(34)41(39)44-42(43-40)28-15-5-2-6-16-28)29-23-24-35-32-19-8-7-17-30(32)31-18-9-10-20-33(31)38(35)25-29;1-3-13-27(14-4-1)37-26-39-40(28-15-5-2-6-16-28)43-42(44-41(39)36-22-12-11-21-34(36)37)29-23-24-35-32-19-8-7-17-30(32)31-18-9-10-20-33(31)38(35)25-29;1-3-12-24(13-4-1)30-22-31-32(27-20-19-23-11-7-8-16-26(23)21-27)35-34(25-14-5-2-6-15-25)36-33(31)29-18-10-9-17-28(29)30/h2*1-26H;1-22H/i;;1D,3D,4D,12D,13D. The minimum Gasteiger partial charge on any atom is -0.227 e. The van der Waals surface area contributed by atoms with Gasteiger partial charge >= 0.3 is 0 Å². The number of fused-ring (bicyclic) bond motifs is 22. The fourth-order valence-electron chi connectivity index (χ4n) is 18.4. The van der Waals surface area contributed by atoms with Crippen LogP contribution in [0.1, 0.15) is 6.85 Å². The molecule has 0 bridgehead atoms. The molecular formula is C118H74N6. The van der Waals surface area contributed by atoms with Crippen molar-refractivity contribution in [3.8, 4) is 101 Å². The Morgan fingerprint density at radius 3 is 0.823 bits per heavy atom. The molecule has 3 aromatic heterocycles. The van der Waals surface area contributed by atoms with Crippen molar-refractivity contribution in [2.45, 2.75) is 0 Å². The summed E-state index contributed by atoms with van der Waals surface area (Å²) in [6, 6.07) is 144. The molecule has 0 spiro atoms. The first-order chi connectivity index (χ1) is 63.6. The highest BCUT2D eigenvalue weighted by Crippen LogP contribution is 2.47. The summed E-state index contributed by atoms with van der Waals surface area (Å²) in [5, 5.41) is 26.4. The molecule has 0 fully saturated rings. The molecule has 0 aliphatic heterocycles. The number of benzene rings is 22. The third kappa shape index (κ3) is 12.9. The van der Waals surface area contributed by atoms with Crippen molar-refractivity contribution in [2.24, 2.45) is 0 Å². The Bertz CT molecular complexity index is 8770. The maximum atomic E-state index is 8.71. The molecule has 0 amide bonds. The predicted molar refractivity (Wildman–Crippen MR) is 523 cm³/mol. The average molecular weight is 1580 g/mol. The summed E-state index contributed by atoms with van der Waals surface area (Å²) >= 11 is 0. The van der Waals surface area contributed by atoms with Gasteiger partial charge in [-0.05, 0) is 161 Å². The minimum atomic E-state index is -0.415. The smallest absolute Gasteiger partial charge is 0.160 e. The Kier molecular flexibility index (Phi) is 16.8. The van der Waals surface area contributed by atoms with Gasteiger partial charge in [-0.2, -0.15) is 0 Å². The van der Waals surface area contributed by atoms with Crippen LogP contribution in [-0.4, -0.2) is 29.9 Å². The molecule has 25 aromatic rings. The van der Waals surface area contributed by atoms with E-state index in [9.17, 15) is 0 Å². The van der Waals surface area contributed by atoms with Crippen LogP contribution in [0.3, 0.4) is 0 Å². The molecule has 0 radical (unpaired) electrons. The van der Waals surface area contributed by atoms with Gasteiger partial charge in [0, 0.05) is 65.7 Å². The topological polar surface area (TPSA) is 77.3 Å². The van der Waals surface area contributed by atoms with Crippen molar-refractivity contribution >= 4 is 140 Å². The minimum absolute atomic E-state index is 0.158. The average Bonchev–Trinajstić information content (AvgIpc) is 0.769. The number of nitrogens with zero attached hydrogens (tertiary/aromatic N) is 6. The van der Waals surface area contributed by atoms with Crippen molar-refractivity contribution in [3.05, 3.63) is 449 Å². The van der Waals surface area contributed by atoms with E-state index in [1.165, 1.54) is 97.7 Å². The lowest BCUT2D eigenvalue weighted by atomic mass is 9.89. The van der Waals surface area contributed by atoms with Crippen molar-refractivity contribution in [3.63, 3.8) is 0 Å². The fraction of sp³-hybridized carbons (Fsp3) is 0. The predicted octanol–water partition coefficient (Wildman–Crippen LogP) is 31.4. The Morgan fingerprint density at radius 2 is 0.419 bits per heavy atom. The van der Waals surface area contributed by atoms with Gasteiger partial charge in [0.15, 0.2) is 17.5 Å². The van der Waals surface area contributed by atoms with Crippen LogP contribution in [0.5, 0.6) is 0 Å². The van der Waals surface area contributed by atoms with Gasteiger partial charge in [-0.1, -0.05) is 412 Å². The highest BCUT2D eigenvalue weighted by molar-refractivity contribution is 6.28. The van der Waals surface area contributed by atoms with Crippen LogP contribution in [0.15, 0.2) is 449 Å². The summed E-state index contributed by atoms with van der Waals surface area (Å²) in [4.78, 5) is 31.2. The van der Waals surface area contributed by atoms with Gasteiger partial charge in [0.05, 0.1) is 40.5 Å². The van der Waals surface area contributed by atoms with Crippen molar-refractivity contribution in [1.82, 2.24) is 29.9 Å². The zero-order chi connectivity index (χ0) is 86.3. The summed E-state index contributed by atoms with van der Waals surface area (Å²) < 4.78 is 42.1. The normalized spacial score (nSPS) is 12.1. The second-order valence-electron chi connectivity index (χ2n) is 31.4. The summed E-state index contributed by atoms with van der Waals surface area (Å²) in [5.74, 6) is 2.05. The largest absolute Gasteiger partial charge is 0.227 e. The lowest BCUT2D eigenvalue weighted by Crippen LogP contribution is -1.97. The van der Waals surface area contributed by atoms with Crippen LogP contribution in [0.2, 0.25) is 0 Å². The molecule has 0 saturated carbocycles. The first-order valence-corrected chi connectivity index (χ1v) is 41.8.